The molecular formula is C11H21N5O. The second-order valence-electron chi connectivity index (χ2n) is 3.76. The molecule has 0 radical (unpaired) electrons. The zero-order chi connectivity index (χ0) is 12.7. The minimum absolute atomic E-state index is 0.241. The molecule has 0 aliphatic carbocycles. The Morgan fingerprint density at radius 2 is 2.06 bits per heavy atom. The Balaban J connectivity index is 2.81. The fraction of sp³-hybridized carbons (Fsp3) is 0.636. The molecule has 0 saturated carbocycles. The molecule has 1 aromatic rings. The molecule has 0 aliphatic rings. The molecule has 1 heterocycles. The Morgan fingerprint density at radius 3 is 2.59 bits per heavy atom. The van der Waals surface area contributed by atoms with E-state index in [1.165, 1.54) is 0 Å². The van der Waals surface area contributed by atoms with E-state index in [4.69, 9.17) is 10.6 Å². The Morgan fingerprint density at radius 1 is 1.35 bits per heavy atom. The van der Waals surface area contributed by atoms with Crippen molar-refractivity contribution in [1.29, 1.82) is 0 Å². The summed E-state index contributed by atoms with van der Waals surface area (Å²) in [5, 5.41) is 3.31. The van der Waals surface area contributed by atoms with Gasteiger partial charge in [-0.3, -0.25) is 0 Å². The monoisotopic (exact) mass is 239 g/mol. The number of anilines is 2. The molecule has 0 aliphatic heterocycles. The first kappa shape index (κ1) is 13.7. The summed E-state index contributed by atoms with van der Waals surface area (Å²) < 4.78 is 5.13. The van der Waals surface area contributed by atoms with Crippen LogP contribution in [0.3, 0.4) is 0 Å². The van der Waals surface area contributed by atoms with Gasteiger partial charge in [0.25, 0.3) is 0 Å². The van der Waals surface area contributed by atoms with E-state index >= 15 is 0 Å². The highest BCUT2D eigenvalue weighted by molar-refractivity contribution is 5.47. The maximum atomic E-state index is 5.37. The van der Waals surface area contributed by atoms with Gasteiger partial charge in [0.05, 0.1) is 12.6 Å². The number of nitrogens with zero attached hydrogens (tertiary/aromatic N) is 2. The van der Waals surface area contributed by atoms with Crippen LogP contribution in [0.15, 0.2) is 6.07 Å². The smallest absolute Gasteiger partial charge is 0.145 e. The molecule has 96 valence electrons. The molecule has 17 heavy (non-hydrogen) atoms. The van der Waals surface area contributed by atoms with Crippen LogP contribution in [0.4, 0.5) is 11.6 Å². The largest absolute Gasteiger partial charge is 0.383 e. The van der Waals surface area contributed by atoms with Crippen LogP contribution >= 0.6 is 0 Å². The number of nitrogens with two attached hydrogens (primary N) is 1. The average molecular weight is 239 g/mol. The second-order valence-corrected chi connectivity index (χ2v) is 3.76. The van der Waals surface area contributed by atoms with Crippen LogP contribution in [0.1, 0.15) is 26.1 Å². The Kier molecular flexibility index (Phi) is 5.65. The van der Waals surface area contributed by atoms with Crippen LogP contribution < -0.4 is 16.6 Å². The van der Waals surface area contributed by atoms with E-state index in [1.54, 1.807) is 13.2 Å². The van der Waals surface area contributed by atoms with Crippen molar-refractivity contribution < 1.29 is 4.74 Å². The minimum Gasteiger partial charge on any atom is -0.383 e. The number of ether oxygens (including phenoxy) is 1. The number of hydrazine groups is 1. The van der Waals surface area contributed by atoms with Crippen molar-refractivity contribution in [2.24, 2.45) is 5.84 Å². The number of aromatic nitrogens is 2. The fourth-order valence-electron chi connectivity index (χ4n) is 1.48. The van der Waals surface area contributed by atoms with Gasteiger partial charge in [-0.1, -0.05) is 13.8 Å². The number of aryl methyl sites for hydroxylation is 1. The molecule has 0 amide bonds. The fourth-order valence-corrected chi connectivity index (χ4v) is 1.48. The lowest BCUT2D eigenvalue weighted by atomic mass is 10.2. The SMILES string of the molecule is CCc1nc(NN)cc(NC(CC)COC)n1. The number of nitrogen functional groups attached to an aromatic ring is 1. The van der Waals surface area contributed by atoms with Crippen LogP contribution in [0.5, 0.6) is 0 Å². The van der Waals surface area contributed by atoms with Crippen molar-refractivity contribution in [3.8, 4) is 0 Å². The molecule has 1 unspecified atom stereocenters. The van der Waals surface area contributed by atoms with E-state index in [0.29, 0.717) is 12.4 Å². The summed E-state index contributed by atoms with van der Waals surface area (Å²) in [5.74, 6) is 7.52. The summed E-state index contributed by atoms with van der Waals surface area (Å²) >= 11 is 0. The van der Waals surface area contributed by atoms with Crippen molar-refractivity contribution >= 4 is 11.6 Å². The van der Waals surface area contributed by atoms with Crippen molar-refractivity contribution in [3.05, 3.63) is 11.9 Å². The average Bonchev–Trinajstić information content (AvgIpc) is 2.37. The van der Waals surface area contributed by atoms with Crippen LogP contribution in [0, 0.1) is 0 Å². The van der Waals surface area contributed by atoms with Gasteiger partial charge in [-0.05, 0) is 6.42 Å². The lowest BCUT2D eigenvalue weighted by Gasteiger charge is -2.17. The van der Waals surface area contributed by atoms with E-state index in [9.17, 15) is 0 Å². The van der Waals surface area contributed by atoms with Crippen LogP contribution in [-0.4, -0.2) is 29.7 Å². The molecule has 6 heteroatoms. The van der Waals surface area contributed by atoms with E-state index in [-0.39, 0.29) is 6.04 Å². The Hall–Kier alpha value is -1.40. The zero-order valence-corrected chi connectivity index (χ0v) is 10.7. The van der Waals surface area contributed by atoms with E-state index < -0.39 is 0 Å². The topological polar surface area (TPSA) is 85.1 Å². The van der Waals surface area contributed by atoms with Gasteiger partial charge in [0, 0.05) is 19.6 Å². The highest BCUT2D eigenvalue weighted by Crippen LogP contribution is 2.12. The summed E-state index contributed by atoms with van der Waals surface area (Å²) in [6, 6.07) is 2.03. The quantitative estimate of drug-likeness (QED) is 0.489. The van der Waals surface area contributed by atoms with Crippen molar-refractivity contribution in [3.63, 3.8) is 0 Å². The van der Waals surface area contributed by atoms with Gasteiger partial charge in [-0.15, -0.1) is 0 Å². The summed E-state index contributed by atoms with van der Waals surface area (Å²) in [6.45, 7) is 4.75. The van der Waals surface area contributed by atoms with Crippen molar-refractivity contribution in [2.75, 3.05) is 24.5 Å². The lowest BCUT2D eigenvalue weighted by molar-refractivity contribution is 0.184. The number of nitrogens with one attached hydrogen (secondary N) is 2. The molecule has 0 fully saturated rings. The summed E-state index contributed by atoms with van der Waals surface area (Å²) in [4.78, 5) is 8.63. The number of hydrogen-bond acceptors (Lipinski definition) is 6. The second kappa shape index (κ2) is 7.03. The molecule has 0 aromatic carbocycles. The van der Waals surface area contributed by atoms with E-state index in [1.807, 2.05) is 6.92 Å². The molecular weight excluding hydrogens is 218 g/mol. The van der Waals surface area contributed by atoms with Crippen LogP contribution in [-0.2, 0) is 11.2 Å². The predicted molar refractivity (Wildman–Crippen MR) is 68.8 cm³/mol. The molecule has 1 aromatic heterocycles. The third-order valence-electron chi connectivity index (χ3n) is 2.45. The summed E-state index contributed by atoms with van der Waals surface area (Å²) in [6.07, 6.45) is 1.73. The molecule has 0 spiro atoms. The van der Waals surface area contributed by atoms with Crippen LogP contribution in [0.2, 0.25) is 0 Å². The third-order valence-corrected chi connectivity index (χ3v) is 2.45. The number of hydrogen-bond donors (Lipinski definition) is 3. The summed E-state index contributed by atoms with van der Waals surface area (Å²) in [5.41, 5.74) is 2.54. The number of rotatable bonds is 7. The van der Waals surface area contributed by atoms with Crippen LogP contribution in [0.25, 0.3) is 0 Å². The molecule has 1 atom stereocenters. The molecule has 1 rings (SSSR count). The molecule has 4 N–H and O–H groups in total. The predicted octanol–water partition coefficient (Wildman–Crippen LogP) is 1.16. The third kappa shape index (κ3) is 4.16. The Bertz CT molecular complexity index is 322. The van der Waals surface area contributed by atoms with Gasteiger partial charge in [-0.2, -0.15) is 0 Å². The maximum absolute atomic E-state index is 5.37. The standard InChI is InChI=1S/C11H21N5O/c1-4-8(7-17-3)13-10-6-11(16-12)15-9(5-2)14-10/h6,8H,4-5,7,12H2,1-3H3,(H2,13,14,15,16). The highest BCUT2D eigenvalue weighted by Gasteiger charge is 2.08. The highest BCUT2D eigenvalue weighted by atomic mass is 16.5. The van der Waals surface area contributed by atoms with Gasteiger partial charge in [0.2, 0.25) is 0 Å². The minimum atomic E-state index is 0.241. The van der Waals surface area contributed by atoms with Gasteiger partial charge in [-0.25, -0.2) is 15.8 Å². The first-order valence-corrected chi connectivity index (χ1v) is 5.83. The number of methoxy groups -OCH3 is 1. The van der Waals surface area contributed by atoms with Crippen molar-refractivity contribution in [2.45, 2.75) is 32.7 Å². The van der Waals surface area contributed by atoms with E-state index in [0.717, 1.165) is 24.5 Å². The Labute approximate surface area is 102 Å². The summed E-state index contributed by atoms with van der Waals surface area (Å²) in [7, 11) is 1.69. The zero-order valence-electron chi connectivity index (χ0n) is 10.7. The van der Waals surface area contributed by atoms with Gasteiger partial charge < -0.3 is 15.5 Å². The maximum Gasteiger partial charge on any atom is 0.145 e. The van der Waals surface area contributed by atoms with E-state index in [2.05, 4.69) is 27.6 Å². The van der Waals surface area contributed by atoms with Gasteiger partial charge in [0.1, 0.15) is 17.5 Å². The normalized spacial score (nSPS) is 12.2. The van der Waals surface area contributed by atoms with Gasteiger partial charge >= 0.3 is 0 Å². The first-order valence-electron chi connectivity index (χ1n) is 5.83. The molecule has 0 bridgehead atoms. The van der Waals surface area contributed by atoms with Gasteiger partial charge in [0.15, 0.2) is 0 Å². The van der Waals surface area contributed by atoms with Crippen molar-refractivity contribution in [1.82, 2.24) is 9.97 Å². The molecule has 0 saturated heterocycles. The molecule has 6 nitrogen and oxygen atoms in total. The first-order chi connectivity index (χ1) is 8.23. The lowest BCUT2D eigenvalue weighted by Crippen LogP contribution is -2.25.